The highest BCUT2D eigenvalue weighted by Crippen LogP contribution is 2.29. The van der Waals surface area contributed by atoms with Crippen molar-refractivity contribution in [2.75, 3.05) is 39.6 Å². The van der Waals surface area contributed by atoms with Crippen molar-refractivity contribution in [3.8, 4) is 0 Å². The molecule has 0 amide bonds. The van der Waals surface area contributed by atoms with Crippen LogP contribution in [-0.4, -0.2) is 102 Å². The monoisotopic (exact) mass is 754 g/mol. The number of hydrogen-bond acceptors (Lipinski definition) is 8. The summed E-state index contributed by atoms with van der Waals surface area (Å²) >= 11 is 0. The number of unbranched alkanes of at least 4 members (excludes halogenated alkanes) is 5. The molecule has 2 aliphatic rings. The summed E-state index contributed by atoms with van der Waals surface area (Å²) < 4.78 is 49.1. The standard InChI is InChI=1S/C32H74O8Si6/c1-41(2,37-45(9,10)39-43(5,6)25-19-21-33-27-31-29-35-31)23-17-15-13-14-16-18-24-42(3,4)38-46(11,12)40-44(7,8)26-20-22-34-28-32-30-36-32/h31-32H,13-30H2,1-12H3. The summed E-state index contributed by atoms with van der Waals surface area (Å²) in [6.45, 7) is 32.8. The van der Waals surface area contributed by atoms with Gasteiger partial charge in [0.05, 0.1) is 26.4 Å². The quantitative estimate of drug-likeness (QED) is 0.0425. The van der Waals surface area contributed by atoms with Gasteiger partial charge < -0.3 is 35.4 Å². The number of epoxide rings is 2. The fourth-order valence-electron chi connectivity index (χ4n) is 6.67. The van der Waals surface area contributed by atoms with Crippen molar-refractivity contribution >= 4 is 50.4 Å². The van der Waals surface area contributed by atoms with Crippen LogP contribution in [0, 0.1) is 0 Å². The summed E-state index contributed by atoms with van der Waals surface area (Å²) in [5.74, 6) is 0. The van der Waals surface area contributed by atoms with E-state index in [-0.39, 0.29) is 0 Å². The van der Waals surface area contributed by atoms with Crippen LogP contribution in [0.25, 0.3) is 0 Å². The van der Waals surface area contributed by atoms with E-state index in [1.165, 1.54) is 50.6 Å². The molecule has 274 valence electrons. The summed E-state index contributed by atoms with van der Waals surface area (Å²) in [5, 5.41) is 0. The summed E-state index contributed by atoms with van der Waals surface area (Å²) in [7, 11) is -11.4. The van der Waals surface area contributed by atoms with E-state index in [1.807, 2.05) is 0 Å². The number of hydrogen-bond donors (Lipinski definition) is 0. The van der Waals surface area contributed by atoms with Crippen molar-refractivity contribution in [3.05, 3.63) is 0 Å². The van der Waals surface area contributed by atoms with E-state index in [0.717, 1.165) is 64.6 Å². The van der Waals surface area contributed by atoms with Crippen LogP contribution in [-0.2, 0) is 35.4 Å². The minimum Gasteiger partial charge on any atom is -0.437 e. The average Bonchev–Trinajstić information content (AvgIpc) is 3.78. The molecule has 2 aliphatic heterocycles. The van der Waals surface area contributed by atoms with Crippen molar-refractivity contribution in [1.29, 1.82) is 0 Å². The predicted molar refractivity (Wildman–Crippen MR) is 207 cm³/mol. The molecule has 0 radical (unpaired) electrons. The largest absolute Gasteiger partial charge is 0.437 e. The zero-order chi connectivity index (χ0) is 34.5. The number of rotatable bonds is 29. The van der Waals surface area contributed by atoms with Crippen molar-refractivity contribution in [3.63, 3.8) is 0 Å². The normalized spacial score (nSPS) is 19.6. The second-order valence-electron chi connectivity index (χ2n) is 17.1. The molecule has 2 rings (SSSR count). The van der Waals surface area contributed by atoms with Gasteiger partial charge in [0.1, 0.15) is 12.2 Å². The minimum absolute atomic E-state index is 0.348. The maximum absolute atomic E-state index is 6.84. The molecular formula is C32H74O8Si6. The molecule has 2 atom stereocenters. The van der Waals surface area contributed by atoms with Gasteiger partial charge in [0.15, 0.2) is 33.3 Å². The Bertz CT molecular complexity index is 782. The Hall–Kier alpha value is 0.981. The van der Waals surface area contributed by atoms with Gasteiger partial charge in [-0.3, -0.25) is 0 Å². The minimum atomic E-state index is -2.15. The molecule has 2 heterocycles. The van der Waals surface area contributed by atoms with Gasteiger partial charge in [-0.2, -0.15) is 0 Å². The highest BCUT2D eigenvalue weighted by molar-refractivity contribution is 6.88. The first kappa shape index (κ1) is 43.1. The molecule has 0 saturated carbocycles. The van der Waals surface area contributed by atoms with Crippen LogP contribution in [0.2, 0.25) is 103 Å². The molecule has 2 saturated heterocycles. The van der Waals surface area contributed by atoms with Gasteiger partial charge >= 0.3 is 17.1 Å². The van der Waals surface area contributed by atoms with Gasteiger partial charge in [0.25, 0.3) is 0 Å². The average molecular weight is 755 g/mol. The SMILES string of the molecule is C[Si](C)(CCCCCCCC[Si](C)(C)O[Si](C)(C)O[Si](C)(C)CCCOCC1CO1)O[Si](C)(C)O[Si](C)(C)CCCOCC1CO1. The topological polar surface area (TPSA) is 80.4 Å². The lowest BCUT2D eigenvalue weighted by atomic mass is 10.1. The van der Waals surface area contributed by atoms with Crippen LogP contribution in [0.4, 0.5) is 0 Å². The van der Waals surface area contributed by atoms with Crippen molar-refractivity contribution in [2.24, 2.45) is 0 Å². The maximum Gasteiger partial charge on any atom is 0.311 e. The second-order valence-corrected chi connectivity index (χ2v) is 42.1. The summed E-state index contributed by atoms with van der Waals surface area (Å²) in [5.41, 5.74) is 0. The molecule has 2 fully saturated rings. The van der Waals surface area contributed by atoms with E-state index in [1.54, 1.807) is 0 Å². The maximum atomic E-state index is 6.84. The van der Waals surface area contributed by atoms with Crippen LogP contribution >= 0.6 is 0 Å². The Morgan fingerprint density at radius 2 is 0.674 bits per heavy atom. The Balaban J connectivity index is 1.54. The van der Waals surface area contributed by atoms with Gasteiger partial charge in [-0.25, -0.2) is 0 Å². The third-order valence-electron chi connectivity index (χ3n) is 8.44. The van der Waals surface area contributed by atoms with E-state index in [0.29, 0.717) is 12.2 Å². The molecule has 2 unspecified atom stereocenters. The van der Waals surface area contributed by atoms with Gasteiger partial charge in [0.2, 0.25) is 0 Å². The van der Waals surface area contributed by atoms with Gasteiger partial charge in [-0.15, -0.1) is 0 Å². The van der Waals surface area contributed by atoms with E-state index in [4.69, 9.17) is 35.4 Å². The lowest BCUT2D eigenvalue weighted by Gasteiger charge is -2.39. The number of ether oxygens (including phenoxy) is 4. The molecule has 0 aromatic heterocycles. The molecule has 0 aliphatic carbocycles. The van der Waals surface area contributed by atoms with Gasteiger partial charge in [-0.05, 0) is 116 Å². The Kier molecular flexibility index (Phi) is 18.3. The van der Waals surface area contributed by atoms with E-state index in [2.05, 4.69) is 78.6 Å². The highest BCUT2D eigenvalue weighted by Gasteiger charge is 2.40. The Morgan fingerprint density at radius 3 is 0.957 bits per heavy atom. The predicted octanol–water partition coefficient (Wildman–Crippen LogP) is 9.23. The molecule has 8 nitrogen and oxygen atoms in total. The molecule has 0 bridgehead atoms. The van der Waals surface area contributed by atoms with Gasteiger partial charge in [0, 0.05) is 13.2 Å². The van der Waals surface area contributed by atoms with Crippen LogP contribution in [0.15, 0.2) is 0 Å². The molecule has 14 heteroatoms. The van der Waals surface area contributed by atoms with Crippen LogP contribution in [0.1, 0.15) is 51.4 Å². The first-order valence-electron chi connectivity index (χ1n) is 18.4. The molecule has 0 N–H and O–H groups in total. The van der Waals surface area contributed by atoms with Crippen molar-refractivity contribution in [1.82, 2.24) is 0 Å². The van der Waals surface area contributed by atoms with Crippen molar-refractivity contribution < 1.29 is 35.4 Å². The zero-order valence-electron chi connectivity index (χ0n) is 32.1. The molecule has 46 heavy (non-hydrogen) atoms. The lowest BCUT2D eigenvalue weighted by molar-refractivity contribution is 0.116. The highest BCUT2D eigenvalue weighted by atomic mass is 28.5. The molecule has 0 aromatic rings. The molecular weight excluding hydrogens is 681 g/mol. The fraction of sp³-hybridized carbons (Fsp3) is 1.00. The van der Waals surface area contributed by atoms with Crippen LogP contribution in [0.5, 0.6) is 0 Å². The Labute approximate surface area is 290 Å². The van der Waals surface area contributed by atoms with Crippen LogP contribution in [0.3, 0.4) is 0 Å². The first-order chi connectivity index (χ1) is 21.2. The van der Waals surface area contributed by atoms with E-state index in [9.17, 15) is 0 Å². The third kappa shape index (κ3) is 22.6. The van der Waals surface area contributed by atoms with Crippen molar-refractivity contribution in [2.45, 2.75) is 166 Å². The molecule has 0 spiro atoms. The Morgan fingerprint density at radius 1 is 0.413 bits per heavy atom. The summed E-state index contributed by atoms with van der Waals surface area (Å²) in [4.78, 5) is 0. The smallest absolute Gasteiger partial charge is 0.311 e. The fourth-order valence-corrected chi connectivity index (χ4v) is 34.9. The molecule has 0 aromatic carbocycles. The van der Waals surface area contributed by atoms with E-state index >= 15 is 0 Å². The summed E-state index contributed by atoms with van der Waals surface area (Å²) in [6, 6.07) is 4.68. The zero-order valence-corrected chi connectivity index (χ0v) is 38.1. The summed E-state index contributed by atoms with van der Waals surface area (Å²) in [6.07, 6.45) is 10.6. The second kappa shape index (κ2) is 19.6. The van der Waals surface area contributed by atoms with Gasteiger partial charge in [-0.1, -0.05) is 38.5 Å². The lowest BCUT2D eigenvalue weighted by Crippen LogP contribution is -2.52. The van der Waals surface area contributed by atoms with E-state index < -0.39 is 50.4 Å². The third-order valence-corrected chi connectivity index (χ3v) is 31.4. The first-order valence-corrected chi connectivity index (χ1v) is 36.5. The van der Waals surface area contributed by atoms with Crippen LogP contribution < -0.4 is 0 Å².